The number of carbonyl (C=O) groups excluding carboxylic acids is 2. The van der Waals surface area contributed by atoms with Crippen molar-refractivity contribution in [3.05, 3.63) is 29.3 Å². The topological polar surface area (TPSA) is 40.6 Å². The molecule has 0 aromatic heterocycles. The first-order chi connectivity index (χ1) is 12.1. The van der Waals surface area contributed by atoms with Crippen LogP contribution in [0.15, 0.2) is 24.3 Å². The van der Waals surface area contributed by atoms with E-state index in [1.807, 2.05) is 34.1 Å². The largest absolute Gasteiger partial charge is 0.342 e. The lowest BCUT2D eigenvalue weighted by Gasteiger charge is -2.44. The third kappa shape index (κ3) is 3.98. The second-order valence-electron chi connectivity index (χ2n) is 6.78. The highest BCUT2D eigenvalue weighted by Crippen LogP contribution is 2.46. The van der Waals surface area contributed by atoms with Gasteiger partial charge >= 0.3 is 0 Å². The van der Waals surface area contributed by atoms with Gasteiger partial charge < -0.3 is 4.90 Å². The number of amides is 2. The summed E-state index contributed by atoms with van der Waals surface area (Å²) in [5.74, 6) is 0.915. The molecule has 4 nitrogen and oxygen atoms in total. The van der Waals surface area contributed by atoms with E-state index in [1.165, 1.54) is 0 Å². The van der Waals surface area contributed by atoms with E-state index in [9.17, 15) is 9.59 Å². The molecule has 6 heteroatoms. The third-order valence-corrected chi connectivity index (χ3v) is 6.87. The van der Waals surface area contributed by atoms with Crippen LogP contribution in [-0.4, -0.2) is 40.4 Å². The number of benzene rings is 1. The summed E-state index contributed by atoms with van der Waals surface area (Å²) in [5, 5.41) is 0.671. The molecular weight excluding hydrogens is 356 g/mol. The summed E-state index contributed by atoms with van der Waals surface area (Å²) >= 11 is 7.71. The molecule has 3 rings (SSSR count). The summed E-state index contributed by atoms with van der Waals surface area (Å²) in [6, 6.07) is 7.48. The number of nitrogens with zero attached hydrogens (tertiary/aromatic N) is 2. The molecule has 0 N–H and O–H groups in total. The fourth-order valence-corrected chi connectivity index (χ4v) is 5.13. The number of hydrogen-bond donors (Lipinski definition) is 0. The molecule has 1 aromatic rings. The minimum Gasteiger partial charge on any atom is -0.342 e. The summed E-state index contributed by atoms with van der Waals surface area (Å²) in [6.45, 7) is 3.61. The molecule has 2 amide bonds. The van der Waals surface area contributed by atoms with Crippen molar-refractivity contribution in [2.24, 2.45) is 0 Å². The van der Waals surface area contributed by atoms with Crippen LogP contribution in [0.4, 0.5) is 5.69 Å². The summed E-state index contributed by atoms with van der Waals surface area (Å²) in [5.41, 5.74) is 0.905. The standard InChI is InChI=1S/C19H25ClN2O2S/c1-2-3-4-5-17(23)21-12-10-19(11-13-21)22(18(24)14-25-19)16-8-6-15(20)7-9-16/h6-9H,2-5,10-14H2,1H3. The van der Waals surface area contributed by atoms with Crippen molar-refractivity contribution in [3.63, 3.8) is 0 Å². The predicted molar refractivity (Wildman–Crippen MR) is 104 cm³/mol. The van der Waals surface area contributed by atoms with Crippen molar-refractivity contribution < 1.29 is 9.59 Å². The molecule has 0 radical (unpaired) electrons. The molecule has 136 valence electrons. The molecule has 0 atom stereocenters. The molecule has 0 unspecified atom stereocenters. The maximum Gasteiger partial charge on any atom is 0.238 e. The Morgan fingerprint density at radius 3 is 2.52 bits per heavy atom. The van der Waals surface area contributed by atoms with Crippen molar-refractivity contribution in [2.45, 2.75) is 50.3 Å². The maximum absolute atomic E-state index is 12.5. The number of unbranched alkanes of at least 4 members (excludes halogenated alkanes) is 2. The van der Waals surface area contributed by atoms with E-state index in [0.29, 0.717) is 17.2 Å². The lowest BCUT2D eigenvalue weighted by molar-refractivity contribution is -0.132. The fraction of sp³-hybridized carbons (Fsp3) is 0.579. The quantitative estimate of drug-likeness (QED) is 0.714. The van der Waals surface area contributed by atoms with Gasteiger partial charge in [0.1, 0.15) is 0 Å². The van der Waals surface area contributed by atoms with Crippen LogP contribution in [0, 0.1) is 0 Å². The molecule has 2 heterocycles. The summed E-state index contributed by atoms with van der Waals surface area (Å²) in [6.07, 6.45) is 5.51. The Labute approximate surface area is 158 Å². The molecule has 2 fully saturated rings. The van der Waals surface area contributed by atoms with Gasteiger partial charge in [0.15, 0.2) is 0 Å². The smallest absolute Gasteiger partial charge is 0.238 e. The monoisotopic (exact) mass is 380 g/mol. The lowest BCUT2D eigenvalue weighted by atomic mass is 10.0. The minimum absolute atomic E-state index is 0.148. The highest BCUT2D eigenvalue weighted by molar-refractivity contribution is 8.02. The fourth-order valence-electron chi connectivity index (χ4n) is 3.68. The number of piperidine rings is 1. The first kappa shape index (κ1) is 18.6. The number of anilines is 1. The van der Waals surface area contributed by atoms with Crippen LogP contribution in [0.25, 0.3) is 0 Å². The van der Waals surface area contributed by atoms with Gasteiger partial charge in [-0.05, 0) is 43.5 Å². The van der Waals surface area contributed by atoms with E-state index in [4.69, 9.17) is 11.6 Å². The van der Waals surface area contributed by atoms with E-state index < -0.39 is 0 Å². The minimum atomic E-state index is -0.217. The van der Waals surface area contributed by atoms with E-state index in [1.54, 1.807) is 11.8 Å². The highest BCUT2D eigenvalue weighted by atomic mass is 35.5. The van der Waals surface area contributed by atoms with Gasteiger partial charge in [0.05, 0.1) is 10.6 Å². The number of halogens is 1. The van der Waals surface area contributed by atoms with Gasteiger partial charge in [-0.1, -0.05) is 31.4 Å². The number of rotatable bonds is 5. The molecule has 0 bridgehead atoms. The maximum atomic E-state index is 12.5. The lowest BCUT2D eigenvalue weighted by Crippen LogP contribution is -2.53. The summed E-state index contributed by atoms with van der Waals surface area (Å²) in [7, 11) is 0. The molecule has 2 aliphatic heterocycles. The Hall–Kier alpha value is -1.20. The van der Waals surface area contributed by atoms with Crippen molar-refractivity contribution in [1.29, 1.82) is 0 Å². The molecule has 1 aromatic carbocycles. The molecule has 1 spiro atoms. The van der Waals surface area contributed by atoms with Crippen LogP contribution in [0.1, 0.15) is 45.4 Å². The Bertz CT molecular complexity index is 627. The SMILES string of the molecule is CCCCCC(=O)N1CCC2(CC1)SCC(=O)N2c1ccc(Cl)cc1. The number of hydrogen-bond acceptors (Lipinski definition) is 3. The number of thioether (sulfide) groups is 1. The van der Waals surface area contributed by atoms with Crippen LogP contribution in [0.2, 0.25) is 5.02 Å². The van der Waals surface area contributed by atoms with Crippen LogP contribution in [0.5, 0.6) is 0 Å². The second kappa shape index (κ2) is 8.00. The average molecular weight is 381 g/mol. The van der Waals surface area contributed by atoms with Gasteiger partial charge in [0.25, 0.3) is 0 Å². The van der Waals surface area contributed by atoms with Crippen molar-refractivity contribution >= 4 is 40.9 Å². The van der Waals surface area contributed by atoms with Crippen LogP contribution >= 0.6 is 23.4 Å². The second-order valence-corrected chi connectivity index (χ2v) is 8.55. The molecular formula is C19H25ClN2O2S. The Balaban J connectivity index is 1.67. The molecule has 0 saturated carbocycles. The van der Waals surface area contributed by atoms with Crippen LogP contribution in [-0.2, 0) is 9.59 Å². The van der Waals surface area contributed by atoms with Gasteiger partial charge in [-0.25, -0.2) is 0 Å². The van der Waals surface area contributed by atoms with Gasteiger partial charge in [-0.3, -0.25) is 14.5 Å². The number of carbonyl (C=O) groups is 2. The zero-order valence-corrected chi connectivity index (χ0v) is 16.2. The Kier molecular flexibility index (Phi) is 5.95. The zero-order valence-electron chi connectivity index (χ0n) is 14.7. The van der Waals surface area contributed by atoms with Gasteiger partial charge in [-0.15, -0.1) is 11.8 Å². The highest BCUT2D eigenvalue weighted by Gasteiger charge is 2.48. The van der Waals surface area contributed by atoms with E-state index in [-0.39, 0.29) is 16.7 Å². The van der Waals surface area contributed by atoms with Gasteiger partial charge in [0, 0.05) is 30.2 Å². The van der Waals surface area contributed by atoms with Crippen LogP contribution in [0.3, 0.4) is 0 Å². The third-order valence-electron chi connectivity index (χ3n) is 5.10. The first-order valence-corrected chi connectivity index (χ1v) is 10.4. The average Bonchev–Trinajstić information content (AvgIpc) is 2.93. The van der Waals surface area contributed by atoms with Crippen molar-refractivity contribution in [3.8, 4) is 0 Å². The summed E-state index contributed by atoms with van der Waals surface area (Å²) in [4.78, 5) is 28.6. The Morgan fingerprint density at radius 2 is 1.88 bits per heavy atom. The van der Waals surface area contributed by atoms with E-state index in [2.05, 4.69) is 6.92 Å². The molecule has 2 aliphatic rings. The number of likely N-dealkylation sites (tertiary alicyclic amines) is 1. The molecule has 0 aliphatic carbocycles. The van der Waals surface area contributed by atoms with E-state index in [0.717, 1.165) is 50.9 Å². The predicted octanol–water partition coefficient (Wildman–Crippen LogP) is 4.32. The zero-order chi connectivity index (χ0) is 17.9. The normalized spacial score (nSPS) is 19.7. The molecule has 25 heavy (non-hydrogen) atoms. The van der Waals surface area contributed by atoms with Crippen molar-refractivity contribution in [2.75, 3.05) is 23.7 Å². The molecule has 2 saturated heterocycles. The van der Waals surface area contributed by atoms with Gasteiger partial charge in [-0.2, -0.15) is 0 Å². The van der Waals surface area contributed by atoms with E-state index >= 15 is 0 Å². The van der Waals surface area contributed by atoms with Crippen molar-refractivity contribution in [1.82, 2.24) is 4.90 Å². The van der Waals surface area contributed by atoms with Gasteiger partial charge in [0.2, 0.25) is 11.8 Å². The first-order valence-electron chi connectivity index (χ1n) is 9.06. The van der Waals surface area contributed by atoms with Crippen LogP contribution < -0.4 is 4.90 Å². The summed E-state index contributed by atoms with van der Waals surface area (Å²) < 4.78 is 0. The Morgan fingerprint density at radius 1 is 1.20 bits per heavy atom.